The van der Waals surface area contributed by atoms with Crippen LogP contribution in [-0.2, 0) is 11.3 Å². The smallest absolute Gasteiger partial charge is 0.315 e. The van der Waals surface area contributed by atoms with Crippen molar-refractivity contribution in [1.82, 2.24) is 10.6 Å². The van der Waals surface area contributed by atoms with Crippen molar-refractivity contribution < 1.29 is 14.6 Å². The SMILES string of the molecule is CCOC(CNC(=O)NCc1cccc(O)c1)c1ccccc1. The van der Waals surface area contributed by atoms with Crippen molar-refractivity contribution in [3.05, 3.63) is 65.7 Å². The number of phenols is 1. The van der Waals surface area contributed by atoms with Gasteiger partial charge in [-0.05, 0) is 30.2 Å². The van der Waals surface area contributed by atoms with E-state index < -0.39 is 0 Å². The zero-order valence-electron chi connectivity index (χ0n) is 13.2. The quantitative estimate of drug-likeness (QED) is 0.736. The minimum atomic E-state index is -0.269. The van der Waals surface area contributed by atoms with Crippen molar-refractivity contribution in [3.63, 3.8) is 0 Å². The van der Waals surface area contributed by atoms with E-state index in [1.165, 1.54) is 0 Å². The lowest BCUT2D eigenvalue weighted by Crippen LogP contribution is -2.37. The molecular weight excluding hydrogens is 292 g/mol. The molecular formula is C18H22N2O3. The molecule has 0 spiro atoms. The molecule has 2 aromatic carbocycles. The number of nitrogens with one attached hydrogen (secondary N) is 2. The van der Waals surface area contributed by atoms with Crippen LogP contribution in [0.1, 0.15) is 24.2 Å². The summed E-state index contributed by atoms with van der Waals surface area (Å²) in [4.78, 5) is 11.9. The Balaban J connectivity index is 1.82. The van der Waals surface area contributed by atoms with Gasteiger partial charge in [0, 0.05) is 19.7 Å². The molecule has 1 atom stereocenters. The van der Waals surface area contributed by atoms with E-state index in [9.17, 15) is 9.90 Å². The number of phenolic OH excluding ortho intramolecular Hbond substituents is 1. The first-order valence-electron chi connectivity index (χ1n) is 7.65. The number of hydrogen-bond acceptors (Lipinski definition) is 3. The van der Waals surface area contributed by atoms with Crippen LogP contribution in [0.4, 0.5) is 4.79 Å². The van der Waals surface area contributed by atoms with E-state index in [0.29, 0.717) is 19.7 Å². The fourth-order valence-corrected chi connectivity index (χ4v) is 2.24. The van der Waals surface area contributed by atoms with Gasteiger partial charge in [0.05, 0.1) is 6.10 Å². The number of carbonyl (C=O) groups excluding carboxylic acids is 1. The second-order valence-corrected chi connectivity index (χ2v) is 5.09. The molecule has 5 heteroatoms. The van der Waals surface area contributed by atoms with E-state index >= 15 is 0 Å². The lowest BCUT2D eigenvalue weighted by molar-refractivity contribution is 0.0639. The summed E-state index contributed by atoms with van der Waals surface area (Å²) >= 11 is 0. The second kappa shape index (κ2) is 8.80. The van der Waals surface area contributed by atoms with Crippen molar-refractivity contribution in [2.75, 3.05) is 13.2 Å². The molecule has 0 saturated heterocycles. The first kappa shape index (κ1) is 16.8. The van der Waals surface area contributed by atoms with Crippen LogP contribution in [0.5, 0.6) is 5.75 Å². The van der Waals surface area contributed by atoms with Crippen LogP contribution in [0.15, 0.2) is 54.6 Å². The van der Waals surface area contributed by atoms with Crippen LogP contribution in [0.2, 0.25) is 0 Å². The van der Waals surface area contributed by atoms with Crippen molar-refractivity contribution in [2.24, 2.45) is 0 Å². The zero-order valence-corrected chi connectivity index (χ0v) is 13.2. The fourth-order valence-electron chi connectivity index (χ4n) is 2.24. The van der Waals surface area contributed by atoms with Gasteiger partial charge in [0.1, 0.15) is 5.75 Å². The normalized spacial score (nSPS) is 11.7. The molecule has 122 valence electrons. The molecule has 2 amide bonds. The van der Waals surface area contributed by atoms with Crippen molar-refractivity contribution in [2.45, 2.75) is 19.6 Å². The van der Waals surface area contributed by atoms with E-state index in [1.807, 2.05) is 43.3 Å². The Morgan fingerprint density at radius 2 is 1.91 bits per heavy atom. The molecule has 0 heterocycles. The summed E-state index contributed by atoms with van der Waals surface area (Å²) in [5, 5.41) is 15.0. The summed E-state index contributed by atoms with van der Waals surface area (Å²) in [6.45, 7) is 3.25. The summed E-state index contributed by atoms with van der Waals surface area (Å²) in [7, 11) is 0. The largest absolute Gasteiger partial charge is 0.508 e. The highest BCUT2D eigenvalue weighted by atomic mass is 16.5. The average molecular weight is 314 g/mol. The third-order valence-electron chi connectivity index (χ3n) is 3.35. The van der Waals surface area contributed by atoms with Gasteiger partial charge in [-0.25, -0.2) is 4.79 Å². The van der Waals surface area contributed by atoms with Gasteiger partial charge in [-0.2, -0.15) is 0 Å². The number of benzene rings is 2. The molecule has 0 bridgehead atoms. The monoisotopic (exact) mass is 314 g/mol. The van der Waals surface area contributed by atoms with E-state index in [1.54, 1.807) is 18.2 Å². The maximum absolute atomic E-state index is 11.9. The minimum absolute atomic E-state index is 0.173. The van der Waals surface area contributed by atoms with Gasteiger partial charge in [-0.15, -0.1) is 0 Å². The molecule has 23 heavy (non-hydrogen) atoms. The Morgan fingerprint density at radius 3 is 2.61 bits per heavy atom. The first-order valence-corrected chi connectivity index (χ1v) is 7.65. The number of amides is 2. The summed E-state index contributed by atoms with van der Waals surface area (Å²) in [5.74, 6) is 0.185. The number of aromatic hydroxyl groups is 1. The van der Waals surface area contributed by atoms with Gasteiger partial charge in [0.25, 0.3) is 0 Å². The highest BCUT2D eigenvalue weighted by Crippen LogP contribution is 2.16. The van der Waals surface area contributed by atoms with E-state index in [-0.39, 0.29) is 17.9 Å². The minimum Gasteiger partial charge on any atom is -0.508 e. The number of hydrogen-bond donors (Lipinski definition) is 3. The predicted octanol–water partition coefficient (Wildman–Crippen LogP) is 2.97. The van der Waals surface area contributed by atoms with Gasteiger partial charge < -0.3 is 20.5 Å². The van der Waals surface area contributed by atoms with Crippen LogP contribution in [0.25, 0.3) is 0 Å². The number of ether oxygens (including phenoxy) is 1. The second-order valence-electron chi connectivity index (χ2n) is 5.09. The molecule has 5 nitrogen and oxygen atoms in total. The van der Waals surface area contributed by atoms with Crippen LogP contribution in [0, 0.1) is 0 Å². The molecule has 2 aromatic rings. The lowest BCUT2D eigenvalue weighted by atomic mass is 10.1. The number of rotatable bonds is 7. The highest BCUT2D eigenvalue weighted by Gasteiger charge is 2.12. The highest BCUT2D eigenvalue weighted by molar-refractivity contribution is 5.73. The van der Waals surface area contributed by atoms with Crippen LogP contribution in [-0.4, -0.2) is 24.3 Å². The van der Waals surface area contributed by atoms with Crippen LogP contribution >= 0.6 is 0 Å². The summed E-state index contributed by atoms with van der Waals surface area (Å²) in [5.41, 5.74) is 1.87. The molecule has 0 radical (unpaired) electrons. The summed E-state index contributed by atoms with van der Waals surface area (Å²) < 4.78 is 5.68. The average Bonchev–Trinajstić information content (AvgIpc) is 2.57. The zero-order chi connectivity index (χ0) is 16.5. The predicted molar refractivity (Wildman–Crippen MR) is 89.2 cm³/mol. The van der Waals surface area contributed by atoms with Gasteiger partial charge in [0.2, 0.25) is 0 Å². The maximum atomic E-state index is 11.9. The third-order valence-corrected chi connectivity index (χ3v) is 3.35. The number of urea groups is 1. The van der Waals surface area contributed by atoms with Gasteiger partial charge >= 0.3 is 6.03 Å². The summed E-state index contributed by atoms with van der Waals surface area (Å²) in [6, 6.07) is 16.3. The standard InChI is InChI=1S/C18H22N2O3/c1-2-23-17(15-8-4-3-5-9-15)13-20-18(22)19-12-14-7-6-10-16(21)11-14/h3-11,17,21H,2,12-13H2,1H3,(H2,19,20,22). The Morgan fingerprint density at radius 1 is 1.13 bits per heavy atom. The van der Waals surface area contributed by atoms with Gasteiger partial charge in [-0.1, -0.05) is 42.5 Å². The fraction of sp³-hybridized carbons (Fsp3) is 0.278. The Kier molecular flexibility index (Phi) is 6.44. The van der Waals surface area contributed by atoms with Gasteiger partial charge in [-0.3, -0.25) is 0 Å². The molecule has 0 aliphatic heterocycles. The van der Waals surface area contributed by atoms with E-state index in [0.717, 1.165) is 11.1 Å². The Labute approximate surface area is 136 Å². The third kappa shape index (κ3) is 5.64. The van der Waals surface area contributed by atoms with Crippen LogP contribution in [0.3, 0.4) is 0 Å². The van der Waals surface area contributed by atoms with Crippen molar-refractivity contribution in [1.29, 1.82) is 0 Å². The molecule has 0 fully saturated rings. The molecule has 0 aliphatic carbocycles. The van der Waals surface area contributed by atoms with Gasteiger partial charge in [0.15, 0.2) is 0 Å². The maximum Gasteiger partial charge on any atom is 0.315 e. The van der Waals surface area contributed by atoms with E-state index in [4.69, 9.17) is 4.74 Å². The molecule has 0 aliphatic rings. The first-order chi connectivity index (χ1) is 11.2. The molecule has 0 saturated carbocycles. The molecule has 2 rings (SSSR count). The summed E-state index contributed by atoms with van der Waals surface area (Å²) in [6.07, 6.45) is -0.173. The molecule has 0 aromatic heterocycles. The Hall–Kier alpha value is -2.53. The topological polar surface area (TPSA) is 70.6 Å². The van der Waals surface area contributed by atoms with Crippen LogP contribution < -0.4 is 10.6 Å². The molecule has 3 N–H and O–H groups in total. The van der Waals surface area contributed by atoms with Crippen molar-refractivity contribution in [3.8, 4) is 5.75 Å². The lowest BCUT2D eigenvalue weighted by Gasteiger charge is -2.18. The molecule has 1 unspecified atom stereocenters. The number of carbonyl (C=O) groups is 1. The van der Waals surface area contributed by atoms with E-state index in [2.05, 4.69) is 10.6 Å². The Bertz CT molecular complexity index is 617. The van der Waals surface area contributed by atoms with Crippen molar-refractivity contribution >= 4 is 6.03 Å².